The summed E-state index contributed by atoms with van der Waals surface area (Å²) >= 11 is 0. The number of carbonyl (C=O) groups excluding carboxylic acids is 1. The van der Waals surface area contributed by atoms with Crippen LogP contribution in [-0.4, -0.2) is 36.4 Å². The lowest BCUT2D eigenvalue weighted by Crippen LogP contribution is -2.42. The molecule has 0 spiro atoms. The van der Waals surface area contributed by atoms with Crippen molar-refractivity contribution in [1.82, 2.24) is 4.90 Å². The molecule has 0 radical (unpaired) electrons. The standard InChI is InChI=1S/C16H21NO4/c1-11(2)17(16(18)14-4-3-7-19-14)9-12-5-6-13-15(8-12)21-10-20-13/h5-6,8,11,14H,3-4,7,9-10H2,1-2H3/t14-/m0/s1. The number of fused-ring (bicyclic) bond motifs is 1. The predicted molar refractivity (Wildman–Crippen MR) is 77.2 cm³/mol. The molecule has 2 aliphatic heterocycles. The average Bonchev–Trinajstić information content (AvgIpc) is 3.14. The van der Waals surface area contributed by atoms with Crippen molar-refractivity contribution in [2.45, 2.75) is 45.4 Å². The SMILES string of the molecule is CC(C)N(Cc1ccc2c(c1)OCO2)C(=O)[C@@H]1CCCO1. The van der Waals surface area contributed by atoms with E-state index < -0.39 is 0 Å². The number of rotatable bonds is 4. The molecule has 1 amide bonds. The van der Waals surface area contributed by atoms with Crippen molar-refractivity contribution in [3.05, 3.63) is 23.8 Å². The molecule has 5 nitrogen and oxygen atoms in total. The number of amides is 1. The Bertz CT molecular complexity index is 523. The molecule has 0 aromatic heterocycles. The highest BCUT2D eigenvalue weighted by Crippen LogP contribution is 2.33. The van der Waals surface area contributed by atoms with Gasteiger partial charge in [-0.05, 0) is 44.4 Å². The zero-order valence-corrected chi connectivity index (χ0v) is 12.5. The van der Waals surface area contributed by atoms with Gasteiger partial charge in [0.1, 0.15) is 6.10 Å². The lowest BCUT2D eigenvalue weighted by atomic mass is 10.1. The number of carbonyl (C=O) groups is 1. The normalized spacial score (nSPS) is 20.0. The first-order valence-electron chi connectivity index (χ1n) is 7.46. The maximum absolute atomic E-state index is 12.6. The molecule has 2 heterocycles. The van der Waals surface area contributed by atoms with Gasteiger partial charge in [0.25, 0.3) is 5.91 Å². The summed E-state index contributed by atoms with van der Waals surface area (Å²) in [5, 5.41) is 0. The maximum Gasteiger partial charge on any atom is 0.252 e. The van der Waals surface area contributed by atoms with Gasteiger partial charge in [-0.2, -0.15) is 0 Å². The quantitative estimate of drug-likeness (QED) is 0.854. The lowest BCUT2D eigenvalue weighted by molar-refractivity contribution is -0.143. The lowest BCUT2D eigenvalue weighted by Gasteiger charge is -2.29. The first kappa shape index (κ1) is 14.2. The molecule has 0 bridgehead atoms. The van der Waals surface area contributed by atoms with Crippen LogP contribution in [0.15, 0.2) is 18.2 Å². The summed E-state index contributed by atoms with van der Waals surface area (Å²) in [5.74, 6) is 1.60. The van der Waals surface area contributed by atoms with Gasteiger partial charge < -0.3 is 19.1 Å². The minimum absolute atomic E-state index is 0.0835. The van der Waals surface area contributed by atoms with E-state index in [1.807, 2.05) is 36.9 Å². The minimum Gasteiger partial charge on any atom is -0.454 e. The van der Waals surface area contributed by atoms with Crippen LogP contribution in [0.25, 0.3) is 0 Å². The van der Waals surface area contributed by atoms with Gasteiger partial charge in [0, 0.05) is 19.2 Å². The van der Waals surface area contributed by atoms with Crippen LogP contribution in [0.4, 0.5) is 0 Å². The Morgan fingerprint density at radius 3 is 2.86 bits per heavy atom. The number of benzene rings is 1. The molecule has 1 fully saturated rings. The van der Waals surface area contributed by atoms with Crippen LogP contribution in [0.2, 0.25) is 0 Å². The Balaban J connectivity index is 1.74. The number of ether oxygens (including phenoxy) is 3. The Morgan fingerprint density at radius 2 is 2.14 bits per heavy atom. The van der Waals surface area contributed by atoms with E-state index in [4.69, 9.17) is 14.2 Å². The van der Waals surface area contributed by atoms with E-state index in [1.54, 1.807) is 0 Å². The highest BCUT2D eigenvalue weighted by molar-refractivity contribution is 5.81. The van der Waals surface area contributed by atoms with Crippen LogP contribution in [0.1, 0.15) is 32.3 Å². The van der Waals surface area contributed by atoms with Crippen LogP contribution >= 0.6 is 0 Å². The van der Waals surface area contributed by atoms with E-state index >= 15 is 0 Å². The molecule has 0 N–H and O–H groups in total. The third-order valence-corrected chi connectivity index (χ3v) is 3.90. The Kier molecular flexibility index (Phi) is 4.01. The fourth-order valence-electron chi connectivity index (χ4n) is 2.71. The topological polar surface area (TPSA) is 48.0 Å². The summed E-state index contributed by atoms with van der Waals surface area (Å²) in [6.45, 7) is 5.57. The van der Waals surface area contributed by atoms with Crippen molar-refractivity contribution in [3.63, 3.8) is 0 Å². The van der Waals surface area contributed by atoms with Gasteiger partial charge in [0.05, 0.1) is 0 Å². The molecule has 1 saturated heterocycles. The summed E-state index contributed by atoms with van der Waals surface area (Å²) in [6, 6.07) is 5.95. The van der Waals surface area contributed by atoms with Crippen LogP contribution in [-0.2, 0) is 16.1 Å². The molecular weight excluding hydrogens is 270 g/mol. The van der Waals surface area contributed by atoms with Gasteiger partial charge in [-0.15, -0.1) is 0 Å². The molecule has 114 valence electrons. The molecule has 1 atom stereocenters. The van der Waals surface area contributed by atoms with Crippen LogP contribution < -0.4 is 9.47 Å². The highest BCUT2D eigenvalue weighted by atomic mass is 16.7. The van der Waals surface area contributed by atoms with Gasteiger partial charge in [-0.25, -0.2) is 0 Å². The molecule has 0 saturated carbocycles. The van der Waals surface area contributed by atoms with Gasteiger partial charge >= 0.3 is 0 Å². The fourth-order valence-corrected chi connectivity index (χ4v) is 2.71. The third kappa shape index (κ3) is 2.97. The van der Waals surface area contributed by atoms with Gasteiger partial charge in [0.2, 0.25) is 6.79 Å². The largest absolute Gasteiger partial charge is 0.454 e. The van der Waals surface area contributed by atoms with Gasteiger partial charge in [-0.3, -0.25) is 4.79 Å². The monoisotopic (exact) mass is 291 g/mol. The maximum atomic E-state index is 12.6. The zero-order chi connectivity index (χ0) is 14.8. The minimum atomic E-state index is -0.276. The first-order valence-corrected chi connectivity index (χ1v) is 7.46. The number of hydrogen-bond donors (Lipinski definition) is 0. The van der Waals surface area contributed by atoms with E-state index in [1.165, 1.54) is 0 Å². The van der Waals surface area contributed by atoms with Gasteiger partial charge in [0.15, 0.2) is 11.5 Å². The third-order valence-electron chi connectivity index (χ3n) is 3.90. The van der Waals surface area contributed by atoms with E-state index in [0.717, 1.165) is 29.9 Å². The van der Waals surface area contributed by atoms with Crippen molar-refractivity contribution >= 4 is 5.91 Å². The van der Waals surface area contributed by atoms with Gasteiger partial charge in [-0.1, -0.05) is 6.07 Å². The molecular formula is C16H21NO4. The molecule has 0 unspecified atom stereocenters. The van der Waals surface area contributed by atoms with E-state index in [9.17, 15) is 4.79 Å². The van der Waals surface area contributed by atoms with Crippen LogP contribution in [0, 0.1) is 0 Å². The summed E-state index contributed by atoms with van der Waals surface area (Å²) in [7, 11) is 0. The molecule has 5 heteroatoms. The second-order valence-electron chi connectivity index (χ2n) is 5.75. The summed E-state index contributed by atoms with van der Waals surface area (Å²) in [5.41, 5.74) is 1.04. The smallest absolute Gasteiger partial charge is 0.252 e. The molecule has 1 aromatic carbocycles. The molecule has 21 heavy (non-hydrogen) atoms. The fraction of sp³-hybridized carbons (Fsp3) is 0.562. The summed E-state index contributed by atoms with van der Waals surface area (Å²) in [4.78, 5) is 14.4. The Labute approximate surface area is 124 Å². The second-order valence-corrected chi connectivity index (χ2v) is 5.75. The number of nitrogens with zero attached hydrogens (tertiary/aromatic N) is 1. The molecule has 1 aromatic rings. The second kappa shape index (κ2) is 5.93. The van der Waals surface area contributed by atoms with E-state index in [-0.39, 0.29) is 24.8 Å². The molecule has 2 aliphatic rings. The summed E-state index contributed by atoms with van der Waals surface area (Å²) in [6.07, 6.45) is 1.51. The Hall–Kier alpha value is -1.75. The van der Waals surface area contributed by atoms with Crippen molar-refractivity contribution in [2.75, 3.05) is 13.4 Å². The van der Waals surface area contributed by atoms with Crippen LogP contribution in [0.5, 0.6) is 11.5 Å². The summed E-state index contributed by atoms with van der Waals surface area (Å²) < 4.78 is 16.2. The zero-order valence-electron chi connectivity index (χ0n) is 12.5. The van der Waals surface area contributed by atoms with Crippen molar-refractivity contribution < 1.29 is 19.0 Å². The van der Waals surface area contributed by atoms with Crippen molar-refractivity contribution in [3.8, 4) is 11.5 Å². The van der Waals surface area contributed by atoms with E-state index in [2.05, 4.69) is 0 Å². The molecule has 0 aliphatic carbocycles. The average molecular weight is 291 g/mol. The Morgan fingerprint density at radius 1 is 1.33 bits per heavy atom. The highest BCUT2D eigenvalue weighted by Gasteiger charge is 2.29. The van der Waals surface area contributed by atoms with Crippen molar-refractivity contribution in [2.24, 2.45) is 0 Å². The van der Waals surface area contributed by atoms with Crippen molar-refractivity contribution in [1.29, 1.82) is 0 Å². The van der Waals surface area contributed by atoms with Crippen LogP contribution in [0.3, 0.4) is 0 Å². The number of hydrogen-bond acceptors (Lipinski definition) is 4. The molecule has 3 rings (SSSR count). The first-order chi connectivity index (χ1) is 10.1. The van der Waals surface area contributed by atoms with E-state index in [0.29, 0.717) is 13.2 Å². The predicted octanol–water partition coefficient (Wildman–Crippen LogP) is 2.33.